The lowest BCUT2D eigenvalue weighted by Gasteiger charge is -2.76. The molecule has 2 saturated heterocycles. The van der Waals surface area contributed by atoms with Crippen molar-refractivity contribution in [1.82, 2.24) is 4.90 Å². The van der Waals surface area contributed by atoms with E-state index in [2.05, 4.69) is 55.3 Å². The van der Waals surface area contributed by atoms with Crippen LogP contribution in [-0.2, 0) is 27.7 Å². The van der Waals surface area contributed by atoms with Crippen LogP contribution in [0.15, 0.2) is 42.5 Å². The van der Waals surface area contributed by atoms with Crippen LogP contribution in [0.25, 0.3) is 0 Å². The zero-order valence-corrected chi connectivity index (χ0v) is 20.0. The standard InChI is InChI=1S/C29H33NO4/c1-26(15-18-6-4-3-5-7-18)21-16-27-10-11-29(21,33-17-32-26)25-28(27)12-13-30(2)22(27)14-19-8-9-20(31)24(34-25)23(19)28/h3-9,21-22,25,31H,10-17H2,1-2H3. The molecule has 9 rings (SSSR count). The van der Waals surface area contributed by atoms with Gasteiger partial charge in [0.2, 0.25) is 0 Å². The molecule has 3 heterocycles. The predicted molar refractivity (Wildman–Crippen MR) is 127 cm³/mol. The highest BCUT2D eigenvalue weighted by Crippen LogP contribution is 2.78. The van der Waals surface area contributed by atoms with Gasteiger partial charge >= 0.3 is 0 Å². The molecule has 5 heteroatoms. The fourth-order valence-corrected chi connectivity index (χ4v) is 9.84. The quantitative estimate of drug-likeness (QED) is 0.730. The van der Waals surface area contributed by atoms with Crippen LogP contribution >= 0.6 is 0 Å². The van der Waals surface area contributed by atoms with E-state index in [1.165, 1.54) is 16.7 Å². The minimum Gasteiger partial charge on any atom is -0.504 e. The number of ether oxygens (including phenoxy) is 3. The van der Waals surface area contributed by atoms with Gasteiger partial charge in [0.25, 0.3) is 0 Å². The van der Waals surface area contributed by atoms with Gasteiger partial charge in [0.1, 0.15) is 18.5 Å². The molecule has 2 aromatic carbocycles. The molecular weight excluding hydrogens is 426 g/mol. The molecule has 1 N–H and O–H groups in total. The van der Waals surface area contributed by atoms with Crippen molar-refractivity contribution in [3.63, 3.8) is 0 Å². The number of hydrogen-bond acceptors (Lipinski definition) is 5. The Labute approximate surface area is 201 Å². The van der Waals surface area contributed by atoms with Gasteiger partial charge in [-0.05, 0) is 69.8 Å². The maximum atomic E-state index is 10.9. The summed E-state index contributed by atoms with van der Waals surface area (Å²) in [5, 5.41) is 10.9. The van der Waals surface area contributed by atoms with E-state index in [0.29, 0.717) is 18.6 Å². The fourth-order valence-electron chi connectivity index (χ4n) is 9.84. The second kappa shape index (κ2) is 6.18. The van der Waals surface area contributed by atoms with Crippen molar-refractivity contribution in [3.8, 4) is 11.5 Å². The zero-order valence-electron chi connectivity index (χ0n) is 20.0. The molecule has 4 bridgehead atoms. The summed E-state index contributed by atoms with van der Waals surface area (Å²) in [6.07, 6.45) is 6.18. The summed E-state index contributed by atoms with van der Waals surface area (Å²) in [7, 11) is 2.32. The first kappa shape index (κ1) is 20.1. The van der Waals surface area contributed by atoms with Crippen molar-refractivity contribution in [2.75, 3.05) is 20.4 Å². The smallest absolute Gasteiger partial charge is 0.165 e. The summed E-state index contributed by atoms with van der Waals surface area (Å²) in [6.45, 7) is 3.69. The van der Waals surface area contributed by atoms with E-state index in [0.717, 1.165) is 50.8 Å². The van der Waals surface area contributed by atoms with Gasteiger partial charge in [0.05, 0.1) is 5.60 Å². The van der Waals surface area contributed by atoms with Gasteiger partial charge in [-0.25, -0.2) is 0 Å². The molecule has 34 heavy (non-hydrogen) atoms. The van der Waals surface area contributed by atoms with Gasteiger partial charge in [-0.2, -0.15) is 0 Å². The van der Waals surface area contributed by atoms with Crippen molar-refractivity contribution < 1.29 is 19.3 Å². The normalized spacial score (nSPS) is 45.4. The first-order valence-corrected chi connectivity index (χ1v) is 13.0. The van der Waals surface area contributed by atoms with Crippen molar-refractivity contribution in [2.24, 2.45) is 11.3 Å². The van der Waals surface area contributed by atoms with Gasteiger partial charge in [0.15, 0.2) is 11.5 Å². The van der Waals surface area contributed by atoms with Gasteiger partial charge in [-0.1, -0.05) is 36.4 Å². The third kappa shape index (κ3) is 2.03. The van der Waals surface area contributed by atoms with E-state index in [9.17, 15) is 5.11 Å². The predicted octanol–water partition coefficient (Wildman–Crippen LogP) is 4.20. The number of likely N-dealkylation sites (tertiary alicyclic amines) is 1. The van der Waals surface area contributed by atoms with Crippen LogP contribution in [0, 0.1) is 11.3 Å². The topological polar surface area (TPSA) is 51.2 Å². The average Bonchev–Trinajstić information content (AvgIpc) is 3.21. The van der Waals surface area contributed by atoms with Crippen LogP contribution in [-0.4, -0.2) is 53.7 Å². The van der Waals surface area contributed by atoms with Crippen molar-refractivity contribution in [1.29, 1.82) is 0 Å². The second-order valence-electron chi connectivity index (χ2n) is 12.1. The molecule has 3 aliphatic heterocycles. The van der Waals surface area contributed by atoms with Crippen LogP contribution in [0.5, 0.6) is 11.5 Å². The van der Waals surface area contributed by atoms with Crippen molar-refractivity contribution >= 4 is 0 Å². The van der Waals surface area contributed by atoms with Gasteiger partial charge < -0.3 is 24.2 Å². The molecule has 7 unspecified atom stereocenters. The highest BCUT2D eigenvalue weighted by atomic mass is 16.7. The Balaban J connectivity index is 1.34. The van der Waals surface area contributed by atoms with Crippen LogP contribution < -0.4 is 4.74 Å². The molecule has 0 radical (unpaired) electrons. The minimum absolute atomic E-state index is 0.0648. The third-order valence-corrected chi connectivity index (χ3v) is 11.1. The molecule has 5 nitrogen and oxygen atoms in total. The van der Waals surface area contributed by atoms with Crippen LogP contribution in [0.4, 0.5) is 0 Å². The average molecular weight is 460 g/mol. The van der Waals surface area contributed by atoms with Crippen LogP contribution in [0.2, 0.25) is 0 Å². The lowest BCUT2D eigenvalue weighted by Crippen LogP contribution is -2.83. The van der Waals surface area contributed by atoms with E-state index < -0.39 is 0 Å². The maximum absolute atomic E-state index is 10.9. The summed E-state index contributed by atoms with van der Waals surface area (Å²) < 4.78 is 20.2. The molecule has 3 spiro atoms. The molecule has 178 valence electrons. The number of hydrogen-bond donors (Lipinski definition) is 1. The Hall–Kier alpha value is -2.08. The molecule has 3 saturated carbocycles. The number of benzene rings is 2. The summed E-state index contributed by atoms with van der Waals surface area (Å²) in [6, 6.07) is 15.2. The van der Waals surface area contributed by atoms with E-state index >= 15 is 0 Å². The number of fused-ring (bicyclic) bond motifs is 1. The Bertz CT molecular complexity index is 1200. The fraction of sp³-hybridized carbons (Fsp3) is 0.586. The highest BCUT2D eigenvalue weighted by molar-refractivity contribution is 5.63. The van der Waals surface area contributed by atoms with E-state index in [1.807, 2.05) is 6.07 Å². The molecular formula is C29H33NO4. The second-order valence-corrected chi connectivity index (χ2v) is 12.1. The number of aromatic hydroxyl groups is 1. The lowest BCUT2D eigenvalue weighted by molar-refractivity contribution is -0.374. The number of piperidine rings is 1. The number of phenols is 1. The van der Waals surface area contributed by atoms with Gasteiger partial charge in [-0.15, -0.1) is 0 Å². The molecule has 4 aliphatic carbocycles. The SMILES string of the molecule is CN1CCC23c4c5ccc(O)c4OC2C24CCC3(CC2C(C)(Cc2ccccc2)OCO4)C1C5. The maximum Gasteiger partial charge on any atom is 0.165 e. The Morgan fingerprint density at radius 2 is 1.91 bits per heavy atom. The summed E-state index contributed by atoms with van der Waals surface area (Å²) >= 11 is 0. The van der Waals surface area contributed by atoms with Crippen molar-refractivity contribution in [3.05, 3.63) is 59.2 Å². The zero-order chi connectivity index (χ0) is 22.9. The first-order chi connectivity index (χ1) is 16.4. The summed E-state index contributed by atoms with van der Waals surface area (Å²) in [5.41, 5.74) is 3.34. The van der Waals surface area contributed by atoms with E-state index in [4.69, 9.17) is 14.2 Å². The molecule has 0 aromatic heterocycles. The molecule has 2 aromatic rings. The molecule has 0 amide bonds. The van der Waals surface area contributed by atoms with Gasteiger partial charge in [-0.3, -0.25) is 0 Å². The largest absolute Gasteiger partial charge is 0.504 e. The minimum atomic E-state index is -0.385. The van der Waals surface area contributed by atoms with Crippen molar-refractivity contribution in [2.45, 2.75) is 74.2 Å². The highest BCUT2D eigenvalue weighted by Gasteiger charge is 2.82. The number of likely N-dealkylation sites (N-methyl/N-ethyl adjacent to an activating group) is 1. The number of rotatable bonds is 2. The summed E-state index contributed by atoms with van der Waals surface area (Å²) in [4.78, 5) is 2.62. The molecule has 7 aliphatic rings. The molecule has 7 atom stereocenters. The molecule has 5 fully saturated rings. The van der Waals surface area contributed by atoms with E-state index in [1.54, 1.807) is 0 Å². The van der Waals surface area contributed by atoms with E-state index in [-0.39, 0.29) is 34.1 Å². The monoisotopic (exact) mass is 459 g/mol. The van der Waals surface area contributed by atoms with Crippen LogP contribution in [0.3, 0.4) is 0 Å². The summed E-state index contributed by atoms with van der Waals surface area (Å²) in [5.74, 6) is 1.28. The Morgan fingerprint density at radius 3 is 2.76 bits per heavy atom. The first-order valence-electron chi connectivity index (χ1n) is 13.0. The Morgan fingerprint density at radius 1 is 1.06 bits per heavy atom. The van der Waals surface area contributed by atoms with Crippen LogP contribution in [0.1, 0.15) is 49.3 Å². The van der Waals surface area contributed by atoms with Gasteiger partial charge in [0, 0.05) is 34.8 Å². The Kier molecular flexibility index (Phi) is 3.66. The number of phenolic OH excluding ortho intramolecular Hbond substituents is 1. The third-order valence-electron chi connectivity index (χ3n) is 11.1. The lowest BCUT2D eigenvalue weighted by atomic mass is 9.33. The number of nitrogens with zero attached hydrogens (tertiary/aromatic N) is 1.